The maximum absolute atomic E-state index is 12.2. The molecule has 0 aliphatic carbocycles. The minimum atomic E-state index is -0.338. The van der Waals surface area contributed by atoms with Gasteiger partial charge >= 0.3 is 5.97 Å². The summed E-state index contributed by atoms with van der Waals surface area (Å²) in [6, 6.07) is 0.303. The van der Waals surface area contributed by atoms with Crippen molar-refractivity contribution in [3.63, 3.8) is 0 Å². The molecule has 0 saturated carbocycles. The monoisotopic (exact) mass is 376 g/mol. The molecule has 2 heterocycles. The number of thioether (sulfide) groups is 1. The zero-order valence-corrected chi connectivity index (χ0v) is 16.6. The highest BCUT2D eigenvalue weighted by atomic mass is 32.2. The molecule has 0 spiro atoms. The summed E-state index contributed by atoms with van der Waals surface area (Å²) in [5.41, 5.74) is 1.41. The van der Waals surface area contributed by atoms with Crippen LogP contribution in [0, 0.1) is 5.92 Å². The largest absolute Gasteiger partial charge is 0.466 e. The number of esters is 1. The first-order valence-electron chi connectivity index (χ1n) is 8.80. The molecule has 1 unspecified atom stereocenters. The Morgan fingerprint density at radius 3 is 3.08 bits per heavy atom. The van der Waals surface area contributed by atoms with Crippen LogP contribution in [0.2, 0.25) is 0 Å². The molecule has 1 fully saturated rings. The molecule has 2 rings (SSSR count). The number of amidine groups is 1. The lowest BCUT2D eigenvalue weighted by Gasteiger charge is -2.39. The van der Waals surface area contributed by atoms with Crippen LogP contribution >= 0.6 is 11.8 Å². The van der Waals surface area contributed by atoms with E-state index in [9.17, 15) is 4.79 Å². The normalized spacial score (nSPS) is 24.7. The van der Waals surface area contributed by atoms with Gasteiger partial charge in [0.2, 0.25) is 0 Å². The maximum Gasteiger partial charge on any atom is 0.337 e. The Morgan fingerprint density at radius 1 is 1.58 bits per heavy atom. The summed E-state index contributed by atoms with van der Waals surface area (Å²) in [6.45, 7) is 8.17. The Bertz CT molecular complexity index is 639. The van der Waals surface area contributed by atoms with Gasteiger partial charge in [0.15, 0.2) is 0 Å². The van der Waals surface area contributed by atoms with Crippen LogP contribution in [0.1, 0.15) is 19.8 Å². The first kappa shape index (κ1) is 20.5. The smallest absolute Gasteiger partial charge is 0.337 e. The molecule has 7 heteroatoms. The van der Waals surface area contributed by atoms with Crippen LogP contribution in [-0.2, 0) is 9.53 Å². The number of methoxy groups -OCH3 is 1. The number of hydrogen-bond acceptors (Lipinski definition) is 7. The molecule has 2 atom stereocenters. The first-order chi connectivity index (χ1) is 12.6. The van der Waals surface area contributed by atoms with E-state index >= 15 is 0 Å². The summed E-state index contributed by atoms with van der Waals surface area (Å²) in [7, 11) is 1.40. The van der Waals surface area contributed by atoms with E-state index in [2.05, 4.69) is 33.7 Å². The molecule has 1 saturated heterocycles. The molecule has 0 bridgehead atoms. The SMILES string of the molecule is C=CC1[C@@H](C)CCCN1CC1=C(C(=O)OC)CN=C(/C=N/C=C\SC)N1. The van der Waals surface area contributed by atoms with Gasteiger partial charge in [-0.25, -0.2) is 4.79 Å². The number of aliphatic imine (C=N–C) groups is 2. The van der Waals surface area contributed by atoms with Crippen molar-refractivity contribution in [1.29, 1.82) is 0 Å². The first-order valence-corrected chi connectivity index (χ1v) is 10.1. The highest BCUT2D eigenvalue weighted by Gasteiger charge is 2.29. The maximum atomic E-state index is 12.2. The van der Waals surface area contributed by atoms with Gasteiger partial charge in [-0.2, -0.15) is 0 Å². The molecule has 142 valence electrons. The molecule has 1 N–H and O–H groups in total. The fourth-order valence-corrected chi connectivity index (χ4v) is 3.51. The van der Waals surface area contributed by atoms with Crippen molar-refractivity contribution in [3.05, 3.63) is 35.5 Å². The standard InChI is InChI=1S/C19H28N4O2S/c1-5-17-14(2)7-6-9-23(17)13-16-15(19(24)25-3)11-21-18(22-16)12-20-8-10-26-4/h5,8,10,12,14,17H,1,6-7,9,11,13H2,2-4H3,(H,21,22)/b10-8-,20-12+/t14-,17?/m0/s1. The summed E-state index contributed by atoms with van der Waals surface area (Å²) in [5.74, 6) is 0.867. The lowest BCUT2D eigenvalue weighted by Crippen LogP contribution is -2.47. The van der Waals surface area contributed by atoms with Crippen LogP contribution in [0.5, 0.6) is 0 Å². The number of hydrogen-bond donors (Lipinski definition) is 1. The van der Waals surface area contributed by atoms with E-state index in [-0.39, 0.29) is 5.97 Å². The Morgan fingerprint density at radius 2 is 2.38 bits per heavy atom. The van der Waals surface area contributed by atoms with Crippen LogP contribution in [0.3, 0.4) is 0 Å². The van der Waals surface area contributed by atoms with Gasteiger partial charge in [-0.1, -0.05) is 13.0 Å². The van der Waals surface area contributed by atoms with Crippen LogP contribution in [-0.4, -0.2) is 62.0 Å². The van der Waals surface area contributed by atoms with E-state index in [4.69, 9.17) is 4.74 Å². The van der Waals surface area contributed by atoms with Gasteiger partial charge in [-0.3, -0.25) is 14.9 Å². The van der Waals surface area contributed by atoms with Crippen molar-refractivity contribution in [2.75, 3.05) is 33.0 Å². The number of likely N-dealkylation sites (tertiary alicyclic amines) is 1. The lowest BCUT2D eigenvalue weighted by molar-refractivity contribution is -0.136. The average molecular weight is 377 g/mol. The fourth-order valence-electron chi connectivity index (χ4n) is 3.32. The summed E-state index contributed by atoms with van der Waals surface area (Å²) in [5, 5.41) is 5.15. The summed E-state index contributed by atoms with van der Waals surface area (Å²) >= 11 is 1.58. The van der Waals surface area contributed by atoms with E-state index in [1.807, 2.05) is 17.7 Å². The molecule has 0 aromatic heterocycles. The highest BCUT2D eigenvalue weighted by molar-refractivity contribution is 8.01. The van der Waals surface area contributed by atoms with E-state index in [1.54, 1.807) is 24.2 Å². The van der Waals surface area contributed by atoms with Crippen LogP contribution < -0.4 is 5.32 Å². The van der Waals surface area contributed by atoms with Crippen LogP contribution in [0.4, 0.5) is 0 Å². The summed E-state index contributed by atoms with van der Waals surface area (Å²) in [4.78, 5) is 23.1. The molecule has 0 amide bonds. The average Bonchev–Trinajstić information content (AvgIpc) is 2.65. The fraction of sp³-hybridized carbons (Fsp3) is 0.526. The second-order valence-corrected chi connectivity index (χ2v) is 7.13. The molecule has 26 heavy (non-hydrogen) atoms. The number of nitrogens with zero attached hydrogens (tertiary/aromatic N) is 3. The zero-order chi connectivity index (χ0) is 18.9. The molecule has 0 aromatic carbocycles. The third-order valence-electron chi connectivity index (χ3n) is 4.67. The third-order valence-corrected chi connectivity index (χ3v) is 5.07. The third kappa shape index (κ3) is 5.32. The topological polar surface area (TPSA) is 66.3 Å². The van der Waals surface area contributed by atoms with Crippen molar-refractivity contribution >= 4 is 29.8 Å². The van der Waals surface area contributed by atoms with Gasteiger partial charge in [0, 0.05) is 24.5 Å². The number of carbonyl (C=O) groups excluding carboxylic acids is 1. The van der Waals surface area contributed by atoms with Crippen molar-refractivity contribution in [1.82, 2.24) is 10.2 Å². The predicted octanol–water partition coefficient (Wildman–Crippen LogP) is 2.61. The molecule has 2 aliphatic rings. The molecular weight excluding hydrogens is 348 g/mol. The van der Waals surface area contributed by atoms with Gasteiger partial charge in [0.1, 0.15) is 5.84 Å². The second-order valence-electron chi connectivity index (χ2n) is 6.39. The predicted molar refractivity (Wildman–Crippen MR) is 110 cm³/mol. The van der Waals surface area contributed by atoms with E-state index in [1.165, 1.54) is 13.5 Å². The Balaban J connectivity index is 2.17. The Kier molecular flexibility index (Phi) is 8.12. The van der Waals surface area contributed by atoms with Crippen molar-refractivity contribution in [2.45, 2.75) is 25.8 Å². The number of piperidine rings is 1. The highest BCUT2D eigenvalue weighted by Crippen LogP contribution is 2.25. The van der Waals surface area contributed by atoms with Crippen LogP contribution in [0.25, 0.3) is 0 Å². The Labute approximate surface area is 160 Å². The van der Waals surface area contributed by atoms with E-state index in [0.29, 0.717) is 36.5 Å². The van der Waals surface area contributed by atoms with Gasteiger partial charge < -0.3 is 10.1 Å². The number of nitrogens with one attached hydrogen (secondary N) is 1. The number of carbonyl (C=O) groups is 1. The second kappa shape index (κ2) is 10.3. The molecule has 2 aliphatic heterocycles. The van der Waals surface area contributed by atoms with Gasteiger partial charge in [-0.05, 0) is 37.0 Å². The lowest BCUT2D eigenvalue weighted by atomic mass is 9.90. The number of rotatable bonds is 7. The minimum Gasteiger partial charge on any atom is -0.466 e. The van der Waals surface area contributed by atoms with Gasteiger partial charge in [0.05, 0.1) is 25.4 Å². The van der Waals surface area contributed by atoms with Crippen molar-refractivity contribution < 1.29 is 9.53 Å². The van der Waals surface area contributed by atoms with Crippen LogP contribution in [0.15, 0.2) is 45.5 Å². The van der Waals surface area contributed by atoms with E-state index in [0.717, 1.165) is 18.7 Å². The molecule has 6 nitrogen and oxygen atoms in total. The molecular formula is C19H28N4O2S. The minimum absolute atomic E-state index is 0.296. The van der Waals surface area contributed by atoms with Crippen molar-refractivity contribution in [3.8, 4) is 0 Å². The Hall–Kier alpha value is -1.86. The number of ether oxygens (including phenoxy) is 1. The van der Waals surface area contributed by atoms with Gasteiger partial charge in [0.25, 0.3) is 0 Å². The summed E-state index contributed by atoms with van der Waals surface area (Å²) < 4.78 is 4.94. The molecule has 0 aromatic rings. The zero-order valence-electron chi connectivity index (χ0n) is 15.8. The van der Waals surface area contributed by atoms with E-state index < -0.39 is 0 Å². The van der Waals surface area contributed by atoms with Gasteiger partial charge in [-0.15, -0.1) is 18.3 Å². The molecule has 0 radical (unpaired) electrons. The van der Waals surface area contributed by atoms with Crippen molar-refractivity contribution in [2.24, 2.45) is 15.9 Å². The quantitative estimate of drug-likeness (QED) is 0.420. The summed E-state index contributed by atoms with van der Waals surface area (Å²) in [6.07, 6.45) is 9.72.